The van der Waals surface area contributed by atoms with Crippen LogP contribution in [0, 0.1) is 6.92 Å². The lowest BCUT2D eigenvalue weighted by atomic mass is 10.2. The molecule has 9 heteroatoms. The summed E-state index contributed by atoms with van der Waals surface area (Å²) < 4.78 is 25.4. The number of nitrogens with zero attached hydrogens (tertiary/aromatic N) is 4. The molecule has 3 aromatic rings. The predicted molar refractivity (Wildman–Crippen MR) is 106 cm³/mol. The molecular weight excluding hydrogens is 378 g/mol. The molecule has 0 spiro atoms. The molecule has 0 radical (unpaired) electrons. The van der Waals surface area contributed by atoms with Gasteiger partial charge in [-0.05, 0) is 49.7 Å². The zero-order valence-corrected chi connectivity index (χ0v) is 16.1. The van der Waals surface area contributed by atoms with Crippen LogP contribution in [0.3, 0.4) is 0 Å². The van der Waals surface area contributed by atoms with Crippen LogP contribution < -0.4 is 9.62 Å². The highest BCUT2D eigenvalue weighted by atomic mass is 32.2. The number of carbonyl (C=O) groups is 1. The molecule has 1 fully saturated rings. The molecule has 1 aliphatic heterocycles. The standard InChI is InChI=1S/C19H19N5O3S/c1-14-18(22-24(21-14)17-6-3-2-4-7-17)19(25)20-15-8-10-16(11-9-15)23-12-5-13-28(23,26)27/h2-4,6-11H,5,12-13H2,1H3,(H,20,25). The fourth-order valence-corrected chi connectivity index (χ4v) is 4.66. The Morgan fingerprint density at radius 2 is 1.71 bits per heavy atom. The maximum absolute atomic E-state index is 12.6. The van der Waals surface area contributed by atoms with Crippen molar-refractivity contribution in [1.82, 2.24) is 15.0 Å². The van der Waals surface area contributed by atoms with Crippen LogP contribution in [0.4, 0.5) is 11.4 Å². The third kappa shape index (κ3) is 3.48. The fourth-order valence-electron chi connectivity index (χ4n) is 3.10. The number of aryl methyl sites for hydroxylation is 1. The molecule has 0 saturated carbocycles. The van der Waals surface area contributed by atoms with E-state index in [4.69, 9.17) is 0 Å². The van der Waals surface area contributed by atoms with Gasteiger partial charge in [0.1, 0.15) is 0 Å². The summed E-state index contributed by atoms with van der Waals surface area (Å²) in [5.41, 5.74) is 2.66. The Balaban J connectivity index is 1.51. The van der Waals surface area contributed by atoms with Gasteiger partial charge < -0.3 is 5.32 Å². The van der Waals surface area contributed by atoms with Crippen molar-refractivity contribution < 1.29 is 13.2 Å². The van der Waals surface area contributed by atoms with Gasteiger partial charge in [-0.15, -0.1) is 5.10 Å². The average Bonchev–Trinajstić information content (AvgIpc) is 3.25. The molecule has 28 heavy (non-hydrogen) atoms. The van der Waals surface area contributed by atoms with Crippen molar-refractivity contribution in [3.63, 3.8) is 0 Å². The van der Waals surface area contributed by atoms with E-state index in [-0.39, 0.29) is 17.4 Å². The highest BCUT2D eigenvalue weighted by Gasteiger charge is 2.28. The molecule has 1 aliphatic rings. The van der Waals surface area contributed by atoms with E-state index >= 15 is 0 Å². The van der Waals surface area contributed by atoms with Crippen LogP contribution in [0.1, 0.15) is 22.6 Å². The largest absolute Gasteiger partial charge is 0.321 e. The third-order valence-corrected chi connectivity index (χ3v) is 6.37. The van der Waals surface area contributed by atoms with E-state index in [1.807, 2.05) is 30.3 Å². The van der Waals surface area contributed by atoms with Gasteiger partial charge in [0.15, 0.2) is 5.69 Å². The van der Waals surface area contributed by atoms with Gasteiger partial charge in [0.05, 0.1) is 22.8 Å². The molecule has 0 bridgehead atoms. The average molecular weight is 397 g/mol. The van der Waals surface area contributed by atoms with E-state index in [1.165, 1.54) is 9.10 Å². The minimum Gasteiger partial charge on any atom is -0.321 e. The van der Waals surface area contributed by atoms with Crippen LogP contribution in [-0.2, 0) is 10.0 Å². The Labute approximate surface area is 162 Å². The minimum absolute atomic E-state index is 0.168. The Hall–Kier alpha value is -3.20. The Morgan fingerprint density at radius 3 is 2.36 bits per heavy atom. The number of hydrogen-bond donors (Lipinski definition) is 1. The molecule has 1 saturated heterocycles. The van der Waals surface area contributed by atoms with Gasteiger partial charge in [-0.2, -0.15) is 9.90 Å². The van der Waals surface area contributed by atoms with Crippen molar-refractivity contribution in [2.24, 2.45) is 0 Å². The van der Waals surface area contributed by atoms with E-state index in [1.54, 1.807) is 31.2 Å². The molecular formula is C19H19N5O3S. The molecule has 1 amide bonds. The van der Waals surface area contributed by atoms with Crippen molar-refractivity contribution in [3.8, 4) is 5.69 Å². The van der Waals surface area contributed by atoms with Crippen LogP contribution in [0.25, 0.3) is 5.69 Å². The van der Waals surface area contributed by atoms with E-state index in [9.17, 15) is 13.2 Å². The molecule has 0 unspecified atom stereocenters. The number of amides is 1. The van der Waals surface area contributed by atoms with Crippen molar-refractivity contribution >= 4 is 27.3 Å². The second kappa shape index (κ2) is 7.08. The van der Waals surface area contributed by atoms with E-state index in [0.717, 1.165) is 5.69 Å². The number of aromatic nitrogens is 3. The number of nitrogens with one attached hydrogen (secondary N) is 1. The summed E-state index contributed by atoms with van der Waals surface area (Å²) in [5, 5.41) is 11.4. The van der Waals surface area contributed by atoms with Crippen molar-refractivity contribution in [2.45, 2.75) is 13.3 Å². The molecule has 4 rings (SSSR count). The number of carbonyl (C=O) groups excluding carboxylic acids is 1. The predicted octanol–water partition coefficient (Wildman–Crippen LogP) is 2.37. The number of benzene rings is 2. The van der Waals surface area contributed by atoms with Gasteiger partial charge in [0.2, 0.25) is 10.0 Å². The topological polar surface area (TPSA) is 97.2 Å². The first-order chi connectivity index (χ1) is 13.4. The maximum atomic E-state index is 12.6. The molecule has 2 heterocycles. The Morgan fingerprint density at radius 1 is 1.00 bits per heavy atom. The molecule has 144 valence electrons. The quantitative estimate of drug-likeness (QED) is 0.729. The number of rotatable bonds is 4. The Kier molecular flexibility index (Phi) is 4.60. The van der Waals surface area contributed by atoms with E-state index in [0.29, 0.717) is 30.0 Å². The summed E-state index contributed by atoms with van der Waals surface area (Å²) in [6, 6.07) is 16.1. The van der Waals surface area contributed by atoms with Gasteiger partial charge in [-0.3, -0.25) is 9.10 Å². The SMILES string of the molecule is Cc1nn(-c2ccccc2)nc1C(=O)Nc1ccc(N2CCCS2(=O)=O)cc1. The highest BCUT2D eigenvalue weighted by molar-refractivity contribution is 7.93. The van der Waals surface area contributed by atoms with Crippen LogP contribution in [0.15, 0.2) is 54.6 Å². The summed E-state index contributed by atoms with van der Waals surface area (Å²) in [6.07, 6.45) is 0.622. The van der Waals surface area contributed by atoms with Gasteiger partial charge in [-0.1, -0.05) is 18.2 Å². The molecule has 2 aromatic carbocycles. The van der Waals surface area contributed by atoms with Crippen molar-refractivity contribution in [2.75, 3.05) is 21.9 Å². The summed E-state index contributed by atoms with van der Waals surface area (Å²) in [7, 11) is -3.22. The van der Waals surface area contributed by atoms with E-state index in [2.05, 4.69) is 15.5 Å². The second-order valence-corrected chi connectivity index (χ2v) is 8.51. The molecule has 8 nitrogen and oxygen atoms in total. The molecule has 1 aromatic heterocycles. The highest BCUT2D eigenvalue weighted by Crippen LogP contribution is 2.25. The minimum atomic E-state index is -3.22. The number of para-hydroxylation sites is 1. The van der Waals surface area contributed by atoms with Crippen LogP contribution in [0.5, 0.6) is 0 Å². The molecule has 0 atom stereocenters. The van der Waals surface area contributed by atoms with Crippen LogP contribution in [-0.4, -0.2) is 41.6 Å². The zero-order chi connectivity index (χ0) is 19.7. The first kappa shape index (κ1) is 18.2. The number of anilines is 2. The first-order valence-corrected chi connectivity index (χ1v) is 10.5. The maximum Gasteiger partial charge on any atom is 0.278 e. The normalized spacial score (nSPS) is 15.5. The summed E-state index contributed by atoms with van der Waals surface area (Å²) in [5.74, 6) is -0.205. The summed E-state index contributed by atoms with van der Waals surface area (Å²) >= 11 is 0. The smallest absolute Gasteiger partial charge is 0.278 e. The number of sulfonamides is 1. The number of hydrogen-bond acceptors (Lipinski definition) is 5. The van der Waals surface area contributed by atoms with Gasteiger partial charge >= 0.3 is 0 Å². The lowest BCUT2D eigenvalue weighted by Crippen LogP contribution is -2.25. The summed E-state index contributed by atoms with van der Waals surface area (Å²) in [4.78, 5) is 14.0. The van der Waals surface area contributed by atoms with Gasteiger partial charge in [0, 0.05) is 12.2 Å². The lowest BCUT2D eigenvalue weighted by molar-refractivity contribution is 0.102. The summed E-state index contributed by atoms with van der Waals surface area (Å²) in [6.45, 7) is 2.21. The van der Waals surface area contributed by atoms with Crippen LogP contribution >= 0.6 is 0 Å². The Bertz CT molecular complexity index is 1110. The monoisotopic (exact) mass is 397 g/mol. The zero-order valence-electron chi connectivity index (χ0n) is 15.2. The van der Waals surface area contributed by atoms with Gasteiger partial charge in [0.25, 0.3) is 5.91 Å². The second-order valence-electron chi connectivity index (χ2n) is 6.50. The first-order valence-electron chi connectivity index (χ1n) is 8.85. The lowest BCUT2D eigenvalue weighted by Gasteiger charge is -2.17. The van der Waals surface area contributed by atoms with E-state index < -0.39 is 10.0 Å². The third-order valence-electron chi connectivity index (χ3n) is 4.50. The van der Waals surface area contributed by atoms with Gasteiger partial charge in [-0.25, -0.2) is 8.42 Å². The molecule has 0 aliphatic carbocycles. The molecule has 1 N–H and O–H groups in total. The fraction of sp³-hybridized carbons (Fsp3) is 0.211. The van der Waals surface area contributed by atoms with Crippen molar-refractivity contribution in [1.29, 1.82) is 0 Å². The van der Waals surface area contributed by atoms with Crippen molar-refractivity contribution in [3.05, 3.63) is 66.0 Å². The van der Waals surface area contributed by atoms with Crippen LogP contribution in [0.2, 0.25) is 0 Å².